The number of alkyl halides is 2. The van der Waals surface area contributed by atoms with E-state index in [0.29, 0.717) is 18.4 Å². The fourth-order valence-corrected chi connectivity index (χ4v) is 2.97. The van der Waals surface area contributed by atoms with Crippen LogP contribution in [-0.4, -0.2) is 44.3 Å². The molecule has 6 heteroatoms. The quantitative estimate of drug-likeness (QED) is 0.833. The summed E-state index contributed by atoms with van der Waals surface area (Å²) in [5, 5.41) is 3.41. The van der Waals surface area contributed by atoms with Gasteiger partial charge in [0.05, 0.1) is 6.61 Å². The molecular weight excluding hydrogens is 302 g/mol. The molecule has 4 nitrogen and oxygen atoms in total. The van der Waals surface area contributed by atoms with Gasteiger partial charge >= 0.3 is 6.61 Å². The van der Waals surface area contributed by atoms with Gasteiger partial charge in [0.1, 0.15) is 0 Å². The molecule has 2 rings (SSSR count). The summed E-state index contributed by atoms with van der Waals surface area (Å²) in [5.74, 6) is 0.466. The van der Waals surface area contributed by atoms with Crippen molar-refractivity contribution in [1.82, 2.24) is 10.2 Å². The van der Waals surface area contributed by atoms with Crippen LogP contribution < -0.4 is 14.8 Å². The average Bonchev–Trinajstić information content (AvgIpc) is 2.79. The molecule has 1 unspecified atom stereocenters. The fourth-order valence-electron chi connectivity index (χ4n) is 2.97. The van der Waals surface area contributed by atoms with E-state index in [-0.39, 0.29) is 5.75 Å². The second-order valence-electron chi connectivity index (χ2n) is 5.84. The molecular formula is C17H26F2N2O2. The van der Waals surface area contributed by atoms with Crippen LogP contribution in [-0.2, 0) is 6.54 Å². The molecule has 0 radical (unpaired) electrons. The van der Waals surface area contributed by atoms with Gasteiger partial charge in [-0.15, -0.1) is 0 Å². The Hall–Kier alpha value is -1.40. The topological polar surface area (TPSA) is 33.7 Å². The van der Waals surface area contributed by atoms with Crippen molar-refractivity contribution in [2.45, 2.75) is 45.4 Å². The van der Waals surface area contributed by atoms with Crippen LogP contribution in [0, 0.1) is 0 Å². The monoisotopic (exact) mass is 328 g/mol. The zero-order chi connectivity index (χ0) is 16.7. The summed E-state index contributed by atoms with van der Waals surface area (Å²) in [6.07, 6.45) is 3.48. The third-order valence-corrected chi connectivity index (χ3v) is 4.12. The molecule has 1 atom stereocenters. The third-order valence-electron chi connectivity index (χ3n) is 4.12. The predicted octanol–water partition coefficient (Wildman–Crippen LogP) is 3.26. The normalized spacial score (nSPS) is 19.0. The number of rotatable bonds is 7. The Morgan fingerprint density at radius 2 is 2.09 bits per heavy atom. The van der Waals surface area contributed by atoms with E-state index in [4.69, 9.17) is 4.74 Å². The summed E-state index contributed by atoms with van der Waals surface area (Å²) in [6.45, 7) is 2.27. The summed E-state index contributed by atoms with van der Waals surface area (Å²) in [5.41, 5.74) is 1.04. The van der Waals surface area contributed by atoms with Gasteiger partial charge in [0, 0.05) is 12.6 Å². The standard InChI is InChI=1S/C17H26F2N2O2/c1-3-22-16-11-13(6-7-15(16)23-17(18)19)12-21(2)14-5-4-9-20-10-8-14/h6-7,11,14,17,20H,3-5,8-10,12H2,1-2H3. The third kappa shape index (κ3) is 5.62. The first-order valence-corrected chi connectivity index (χ1v) is 8.21. The largest absolute Gasteiger partial charge is 0.490 e. The lowest BCUT2D eigenvalue weighted by atomic mass is 10.1. The van der Waals surface area contributed by atoms with Gasteiger partial charge in [-0.3, -0.25) is 4.90 Å². The molecule has 1 aromatic carbocycles. The Balaban J connectivity index is 2.04. The van der Waals surface area contributed by atoms with E-state index < -0.39 is 6.61 Å². The maximum absolute atomic E-state index is 12.4. The molecule has 0 amide bonds. The number of nitrogens with one attached hydrogen (secondary N) is 1. The van der Waals surface area contributed by atoms with Crippen LogP contribution in [0.5, 0.6) is 11.5 Å². The number of halogens is 2. The Morgan fingerprint density at radius 3 is 2.83 bits per heavy atom. The van der Waals surface area contributed by atoms with Crippen molar-refractivity contribution >= 4 is 0 Å². The minimum atomic E-state index is -2.85. The van der Waals surface area contributed by atoms with Crippen LogP contribution >= 0.6 is 0 Å². The summed E-state index contributed by atoms with van der Waals surface area (Å²) in [7, 11) is 2.11. The highest BCUT2D eigenvalue weighted by molar-refractivity contribution is 5.43. The molecule has 1 aliphatic rings. The first-order chi connectivity index (χ1) is 11.1. The van der Waals surface area contributed by atoms with Crippen molar-refractivity contribution in [3.8, 4) is 11.5 Å². The number of ether oxygens (including phenoxy) is 2. The van der Waals surface area contributed by atoms with Gasteiger partial charge in [-0.05, 0) is 64.0 Å². The van der Waals surface area contributed by atoms with Crippen molar-refractivity contribution in [3.63, 3.8) is 0 Å². The van der Waals surface area contributed by atoms with E-state index in [2.05, 4.69) is 22.0 Å². The molecule has 1 aliphatic heterocycles. The van der Waals surface area contributed by atoms with E-state index in [9.17, 15) is 8.78 Å². The molecule has 0 aromatic heterocycles. The molecule has 1 N–H and O–H groups in total. The zero-order valence-electron chi connectivity index (χ0n) is 13.9. The maximum Gasteiger partial charge on any atom is 0.387 e. The highest BCUT2D eigenvalue weighted by Crippen LogP contribution is 2.30. The van der Waals surface area contributed by atoms with Crippen LogP contribution in [0.2, 0.25) is 0 Å². The lowest BCUT2D eigenvalue weighted by Crippen LogP contribution is -2.32. The summed E-state index contributed by atoms with van der Waals surface area (Å²) >= 11 is 0. The molecule has 0 aliphatic carbocycles. The molecule has 1 fully saturated rings. The average molecular weight is 328 g/mol. The highest BCUT2D eigenvalue weighted by Gasteiger charge is 2.18. The number of hydrogen-bond acceptors (Lipinski definition) is 4. The number of hydrogen-bond donors (Lipinski definition) is 1. The minimum absolute atomic E-state index is 0.0897. The van der Waals surface area contributed by atoms with Crippen molar-refractivity contribution in [1.29, 1.82) is 0 Å². The van der Waals surface area contributed by atoms with E-state index in [1.165, 1.54) is 12.8 Å². The zero-order valence-corrected chi connectivity index (χ0v) is 13.9. The molecule has 1 saturated heterocycles. The smallest absolute Gasteiger partial charge is 0.387 e. The summed E-state index contributed by atoms with van der Waals surface area (Å²) < 4.78 is 34.8. The molecule has 0 spiro atoms. The first kappa shape index (κ1) is 17.9. The molecule has 130 valence electrons. The van der Waals surface area contributed by atoms with Crippen molar-refractivity contribution < 1.29 is 18.3 Å². The van der Waals surface area contributed by atoms with Gasteiger partial charge in [0.15, 0.2) is 11.5 Å². The Kier molecular flexibility index (Phi) is 7.05. The highest BCUT2D eigenvalue weighted by atomic mass is 19.3. The van der Waals surface area contributed by atoms with Gasteiger partial charge in [-0.1, -0.05) is 6.07 Å². The van der Waals surface area contributed by atoms with E-state index in [1.807, 2.05) is 13.0 Å². The Bertz CT molecular complexity index is 478. The Morgan fingerprint density at radius 1 is 1.26 bits per heavy atom. The van der Waals surface area contributed by atoms with Gasteiger partial charge in [0.2, 0.25) is 0 Å². The molecule has 1 aromatic rings. The lowest BCUT2D eigenvalue weighted by molar-refractivity contribution is -0.0514. The van der Waals surface area contributed by atoms with Crippen LogP contribution in [0.25, 0.3) is 0 Å². The molecule has 0 bridgehead atoms. The summed E-state index contributed by atoms with van der Waals surface area (Å²) in [4.78, 5) is 2.33. The van der Waals surface area contributed by atoms with Crippen LogP contribution in [0.1, 0.15) is 31.7 Å². The fraction of sp³-hybridized carbons (Fsp3) is 0.647. The van der Waals surface area contributed by atoms with Crippen molar-refractivity contribution in [2.75, 3.05) is 26.7 Å². The van der Waals surface area contributed by atoms with Crippen LogP contribution in [0.4, 0.5) is 8.78 Å². The number of nitrogens with zero attached hydrogens (tertiary/aromatic N) is 1. The van der Waals surface area contributed by atoms with Crippen LogP contribution in [0.3, 0.4) is 0 Å². The van der Waals surface area contributed by atoms with Crippen molar-refractivity contribution in [3.05, 3.63) is 23.8 Å². The summed E-state index contributed by atoms with van der Waals surface area (Å²) in [6, 6.07) is 5.73. The number of benzene rings is 1. The minimum Gasteiger partial charge on any atom is -0.490 e. The van der Waals surface area contributed by atoms with Crippen LogP contribution in [0.15, 0.2) is 18.2 Å². The van der Waals surface area contributed by atoms with E-state index in [0.717, 1.165) is 31.6 Å². The Labute approximate surface area is 136 Å². The molecule has 1 heterocycles. The van der Waals surface area contributed by atoms with Gasteiger partial charge in [0.25, 0.3) is 0 Å². The predicted molar refractivity (Wildman–Crippen MR) is 86.2 cm³/mol. The molecule has 0 saturated carbocycles. The first-order valence-electron chi connectivity index (χ1n) is 8.21. The van der Waals surface area contributed by atoms with Gasteiger partial charge < -0.3 is 14.8 Å². The van der Waals surface area contributed by atoms with Gasteiger partial charge in [-0.2, -0.15) is 8.78 Å². The van der Waals surface area contributed by atoms with Crippen molar-refractivity contribution in [2.24, 2.45) is 0 Å². The van der Waals surface area contributed by atoms with E-state index >= 15 is 0 Å². The van der Waals surface area contributed by atoms with E-state index in [1.54, 1.807) is 12.1 Å². The van der Waals surface area contributed by atoms with Gasteiger partial charge in [-0.25, -0.2) is 0 Å². The second kappa shape index (κ2) is 9.03. The molecule has 23 heavy (non-hydrogen) atoms. The second-order valence-corrected chi connectivity index (χ2v) is 5.84. The maximum atomic E-state index is 12.4. The lowest BCUT2D eigenvalue weighted by Gasteiger charge is -2.27. The SMILES string of the molecule is CCOc1cc(CN(C)C2CCCNCC2)ccc1OC(F)F.